The number of hydrogen-bond acceptors (Lipinski definition) is 6. The predicted molar refractivity (Wildman–Crippen MR) is 114 cm³/mol. The van der Waals surface area contributed by atoms with Gasteiger partial charge in [-0.3, -0.25) is 0 Å². The molecular formula is C19H21ClN4O2S2. The van der Waals surface area contributed by atoms with E-state index in [1.807, 2.05) is 6.92 Å². The van der Waals surface area contributed by atoms with E-state index in [1.54, 1.807) is 23.5 Å². The van der Waals surface area contributed by atoms with Gasteiger partial charge in [0.2, 0.25) is 10.0 Å². The molecule has 2 heterocycles. The zero-order valence-electron chi connectivity index (χ0n) is 15.5. The Bertz CT molecular complexity index is 1110. The lowest BCUT2D eigenvalue weighted by Crippen LogP contribution is -2.29. The number of rotatable bonds is 6. The Hall–Kier alpha value is -1.74. The van der Waals surface area contributed by atoms with E-state index in [9.17, 15) is 8.42 Å². The second-order valence-electron chi connectivity index (χ2n) is 6.79. The molecule has 148 valence electrons. The maximum Gasteiger partial charge on any atom is 0.240 e. The second kappa shape index (κ2) is 7.94. The number of fused-ring (bicyclic) bond motifs is 3. The van der Waals surface area contributed by atoms with Gasteiger partial charge in [0.1, 0.15) is 16.5 Å². The maximum absolute atomic E-state index is 12.4. The molecule has 1 aliphatic carbocycles. The number of anilines is 1. The molecule has 0 saturated carbocycles. The molecule has 1 aliphatic rings. The van der Waals surface area contributed by atoms with E-state index in [-0.39, 0.29) is 11.4 Å². The smallest absolute Gasteiger partial charge is 0.240 e. The van der Waals surface area contributed by atoms with Crippen LogP contribution in [0.15, 0.2) is 29.2 Å². The van der Waals surface area contributed by atoms with Crippen LogP contribution in [0.3, 0.4) is 0 Å². The highest BCUT2D eigenvalue weighted by Crippen LogP contribution is 2.38. The van der Waals surface area contributed by atoms with Gasteiger partial charge < -0.3 is 5.32 Å². The molecule has 6 nitrogen and oxygen atoms in total. The van der Waals surface area contributed by atoms with Crippen molar-refractivity contribution < 1.29 is 8.42 Å². The third kappa shape index (κ3) is 4.00. The van der Waals surface area contributed by atoms with E-state index in [1.165, 1.54) is 35.4 Å². The van der Waals surface area contributed by atoms with Crippen molar-refractivity contribution >= 4 is 49.0 Å². The summed E-state index contributed by atoms with van der Waals surface area (Å²) in [5.74, 6) is 1.52. The largest absolute Gasteiger partial charge is 0.368 e. The van der Waals surface area contributed by atoms with Gasteiger partial charge in [0.15, 0.2) is 0 Å². The van der Waals surface area contributed by atoms with Crippen LogP contribution in [0, 0.1) is 6.92 Å². The van der Waals surface area contributed by atoms with E-state index in [0.29, 0.717) is 11.6 Å². The molecule has 0 fully saturated rings. The van der Waals surface area contributed by atoms with Crippen molar-refractivity contribution in [1.29, 1.82) is 0 Å². The first-order chi connectivity index (χ1) is 13.4. The lowest BCUT2D eigenvalue weighted by Gasteiger charge is -2.13. The number of sulfonamides is 1. The molecule has 2 aromatic heterocycles. The molecule has 9 heteroatoms. The van der Waals surface area contributed by atoms with Crippen LogP contribution < -0.4 is 10.0 Å². The average molecular weight is 437 g/mol. The summed E-state index contributed by atoms with van der Waals surface area (Å²) in [5, 5.41) is 4.91. The molecule has 0 bridgehead atoms. The summed E-state index contributed by atoms with van der Waals surface area (Å²) < 4.78 is 27.3. The number of benzene rings is 1. The molecule has 0 radical (unpaired) electrons. The van der Waals surface area contributed by atoms with Crippen molar-refractivity contribution in [3.8, 4) is 0 Å². The van der Waals surface area contributed by atoms with Crippen LogP contribution >= 0.6 is 22.9 Å². The van der Waals surface area contributed by atoms with Crippen molar-refractivity contribution in [2.24, 2.45) is 0 Å². The van der Waals surface area contributed by atoms with Crippen molar-refractivity contribution in [3.05, 3.63) is 45.6 Å². The van der Waals surface area contributed by atoms with Gasteiger partial charge in [0, 0.05) is 23.0 Å². The Labute approximate surface area is 173 Å². The number of nitrogens with one attached hydrogen (secondary N) is 2. The summed E-state index contributed by atoms with van der Waals surface area (Å²) in [5.41, 5.74) is 1.36. The van der Waals surface area contributed by atoms with Crippen molar-refractivity contribution in [2.45, 2.75) is 37.5 Å². The minimum absolute atomic E-state index is 0.198. The van der Waals surface area contributed by atoms with E-state index < -0.39 is 10.0 Å². The zero-order valence-corrected chi connectivity index (χ0v) is 17.8. The van der Waals surface area contributed by atoms with Gasteiger partial charge >= 0.3 is 0 Å². The summed E-state index contributed by atoms with van der Waals surface area (Å²) in [6, 6.07) is 6.11. The quantitative estimate of drug-likeness (QED) is 0.572. The summed E-state index contributed by atoms with van der Waals surface area (Å²) in [4.78, 5) is 11.8. The number of aryl methyl sites for hydroxylation is 3. The standard InChI is InChI=1S/C19H21ClN4O2S2/c1-12-23-18(17-15-4-2-3-5-16(15)27-19(17)24-12)21-10-11-22-28(25,26)14-8-6-13(20)7-9-14/h6-9,22H,2-5,10-11H2,1H3,(H,21,23,24). The predicted octanol–water partition coefficient (Wildman–Crippen LogP) is 3.92. The van der Waals surface area contributed by atoms with Crippen LogP contribution in [0.25, 0.3) is 10.2 Å². The van der Waals surface area contributed by atoms with E-state index in [4.69, 9.17) is 11.6 Å². The highest BCUT2D eigenvalue weighted by Gasteiger charge is 2.20. The molecule has 0 amide bonds. The molecule has 0 spiro atoms. The fourth-order valence-corrected chi connectivity index (χ4v) is 5.92. The van der Waals surface area contributed by atoms with E-state index in [0.717, 1.165) is 34.7 Å². The fraction of sp³-hybridized carbons (Fsp3) is 0.368. The third-order valence-electron chi connectivity index (χ3n) is 4.76. The van der Waals surface area contributed by atoms with Gasteiger partial charge in [-0.25, -0.2) is 23.1 Å². The van der Waals surface area contributed by atoms with E-state index >= 15 is 0 Å². The van der Waals surface area contributed by atoms with Gasteiger partial charge in [-0.15, -0.1) is 11.3 Å². The van der Waals surface area contributed by atoms with E-state index in [2.05, 4.69) is 20.0 Å². The molecule has 0 atom stereocenters. The van der Waals surface area contributed by atoms with Gasteiger partial charge in [0.05, 0.1) is 10.3 Å². The van der Waals surface area contributed by atoms with Gasteiger partial charge in [-0.1, -0.05) is 11.6 Å². The van der Waals surface area contributed by atoms with Crippen molar-refractivity contribution in [1.82, 2.24) is 14.7 Å². The first kappa shape index (κ1) is 19.6. The Kier molecular flexibility index (Phi) is 5.55. The molecular weight excluding hydrogens is 416 g/mol. The number of thiophene rings is 1. The van der Waals surface area contributed by atoms with Crippen LogP contribution in [-0.2, 0) is 22.9 Å². The molecule has 3 aromatic rings. The number of hydrogen-bond donors (Lipinski definition) is 2. The lowest BCUT2D eigenvalue weighted by atomic mass is 9.97. The Morgan fingerprint density at radius 2 is 1.86 bits per heavy atom. The molecule has 4 rings (SSSR count). The minimum Gasteiger partial charge on any atom is -0.368 e. The van der Waals surface area contributed by atoms with Gasteiger partial charge in [0.25, 0.3) is 0 Å². The molecule has 0 unspecified atom stereocenters. The van der Waals surface area contributed by atoms with Crippen LogP contribution in [0.2, 0.25) is 5.02 Å². The summed E-state index contributed by atoms with van der Waals surface area (Å²) in [6.07, 6.45) is 4.57. The third-order valence-corrected chi connectivity index (χ3v) is 7.67. The lowest BCUT2D eigenvalue weighted by molar-refractivity contribution is 0.583. The molecule has 0 saturated heterocycles. The van der Waals surface area contributed by atoms with Gasteiger partial charge in [-0.2, -0.15) is 0 Å². The number of halogens is 1. The number of nitrogens with zero attached hydrogens (tertiary/aromatic N) is 2. The Balaban J connectivity index is 1.47. The van der Waals surface area contributed by atoms with Crippen LogP contribution in [0.5, 0.6) is 0 Å². The second-order valence-corrected chi connectivity index (χ2v) is 10.1. The molecule has 28 heavy (non-hydrogen) atoms. The Morgan fingerprint density at radius 3 is 2.64 bits per heavy atom. The first-order valence-corrected chi connectivity index (χ1v) is 11.9. The van der Waals surface area contributed by atoms with Crippen molar-refractivity contribution in [3.63, 3.8) is 0 Å². The maximum atomic E-state index is 12.4. The average Bonchev–Trinajstić information content (AvgIpc) is 3.03. The topological polar surface area (TPSA) is 84.0 Å². The van der Waals surface area contributed by atoms with Gasteiger partial charge in [-0.05, 0) is 62.4 Å². The van der Waals surface area contributed by atoms with Crippen LogP contribution in [0.4, 0.5) is 5.82 Å². The fourth-order valence-electron chi connectivity index (χ4n) is 3.46. The molecule has 1 aromatic carbocycles. The zero-order chi connectivity index (χ0) is 19.7. The highest BCUT2D eigenvalue weighted by molar-refractivity contribution is 7.89. The molecule has 0 aliphatic heterocycles. The summed E-state index contributed by atoms with van der Waals surface area (Å²) >= 11 is 7.58. The summed E-state index contributed by atoms with van der Waals surface area (Å²) in [6.45, 7) is 2.57. The minimum atomic E-state index is -3.57. The number of aromatic nitrogens is 2. The highest BCUT2D eigenvalue weighted by atomic mass is 35.5. The van der Waals surface area contributed by atoms with Crippen molar-refractivity contribution in [2.75, 3.05) is 18.4 Å². The molecule has 2 N–H and O–H groups in total. The van der Waals surface area contributed by atoms with Crippen LogP contribution in [0.1, 0.15) is 29.1 Å². The SMILES string of the molecule is Cc1nc(NCCNS(=O)(=O)c2ccc(Cl)cc2)c2c3c(sc2n1)CCCC3. The van der Waals surface area contributed by atoms with Crippen LogP contribution in [-0.4, -0.2) is 31.5 Å². The normalized spacial score (nSPS) is 14.2. The summed E-state index contributed by atoms with van der Waals surface area (Å²) in [7, 11) is -3.57. The monoisotopic (exact) mass is 436 g/mol. The first-order valence-electron chi connectivity index (χ1n) is 9.22. The Morgan fingerprint density at radius 1 is 1.11 bits per heavy atom.